The van der Waals surface area contributed by atoms with E-state index < -0.39 is 0 Å². The van der Waals surface area contributed by atoms with Crippen LogP contribution in [0.4, 0.5) is 0 Å². The van der Waals surface area contributed by atoms with Crippen molar-refractivity contribution in [1.29, 1.82) is 0 Å². The zero-order chi connectivity index (χ0) is 12.3. The van der Waals surface area contributed by atoms with Gasteiger partial charge in [0.2, 0.25) is 0 Å². The molecule has 1 aromatic rings. The number of methoxy groups -OCH3 is 1. The fourth-order valence-corrected chi connectivity index (χ4v) is 2.25. The van der Waals surface area contributed by atoms with Crippen molar-refractivity contribution >= 4 is 5.97 Å². The van der Waals surface area contributed by atoms with Crippen LogP contribution in [0.25, 0.3) is 0 Å². The van der Waals surface area contributed by atoms with E-state index in [-0.39, 0.29) is 11.4 Å². The van der Waals surface area contributed by atoms with Crippen molar-refractivity contribution in [2.45, 2.75) is 32.6 Å². The van der Waals surface area contributed by atoms with E-state index in [4.69, 9.17) is 9.47 Å². The summed E-state index contributed by atoms with van der Waals surface area (Å²) in [5.74, 6) is 1.14. The molecule has 1 aliphatic rings. The predicted octanol–water partition coefficient (Wildman–Crippen LogP) is 3.18. The normalized spacial score (nSPS) is 17.8. The Kier molecular flexibility index (Phi) is 3.36. The van der Waals surface area contributed by atoms with Gasteiger partial charge in [0, 0.05) is 6.07 Å². The fourth-order valence-electron chi connectivity index (χ4n) is 2.25. The smallest absolute Gasteiger partial charge is 0.317 e. The summed E-state index contributed by atoms with van der Waals surface area (Å²) in [5, 5.41) is 0. The van der Waals surface area contributed by atoms with E-state index in [1.807, 2.05) is 19.1 Å². The molecule has 0 spiro atoms. The van der Waals surface area contributed by atoms with E-state index in [2.05, 4.69) is 0 Å². The molecule has 1 aliphatic carbocycles. The van der Waals surface area contributed by atoms with Crippen LogP contribution in [0, 0.1) is 5.41 Å². The lowest BCUT2D eigenvalue weighted by Crippen LogP contribution is -2.29. The first kappa shape index (κ1) is 12.0. The summed E-state index contributed by atoms with van der Waals surface area (Å²) in [7, 11) is 1.60. The highest BCUT2D eigenvalue weighted by Crippen LogP contribution is 2.38. The number of ether oxygens (including phenoxy) is 2. The molecule has 0 heterocycles. The number of rotatable bonds is 3. The van der Waals surface area contributed by atoms with E-state index in [9.17, 15) is 4.79 Å². The molecule has 2 rings (SSSR count). The van der Waals surface area contributed by atoms with Gasteiger partial charge in [-0.25, -0.2) is 0 Å². The van der Waals surface area contributed by atoms with Gasteiger partial charge in [-0.15, -0.1) is 0 Å². The standard InChI is InChI=1S/C14H18O3/c1-14(8-3-4-9-14)13(15)17-12-7-5-6-11(10-12)16-2/h5-7,10H,3-4,8-9H2,1-2H3. The molecule has 92 valence electrons. The quantitative estimate of drug-likeness (QED) is 0.595. The molecule has 0 amide bonds. The Morgan fingerprint density at radius 1 is 1.24 bits per heavy atom. The highest BCUT2D eigenvalue weighted by molar-refractivity contribution is 5.79. The Morgan fingerprint density at radius 3 is 2.53 bits per heavy atom. The molecule has 17 heavy (non-hydrogen) atoms. The first-order chi connectivity index (χ1) is 8.14. The second kappa shape index (κ2) is 4.78. The topological polar surface area (TPSA) is 35.5 Å². The van der Waals surface area contributed by atoms with Crippen molar-refractivity contribution in [3.8, 4) is 11.5 Å². The third-order valence-corrected chi connectivity index (χ3v) is 3.45. The molecule has 0 radical (unpaired) electrons. The van der Waals surface area contributed by atoms with Crippen molar-refractivity contribution in [2.24, 2.45) is 5.41 Å². The summed E-state index contributed by atoms with van der Waals surface area (Å²) in [6.45, 7) is 1.99. The summed E-state index contributed by atoms with van der Waals surface area (Å²) in [4.78, 5) is 12.1. The van der Waals surface area contributed by atoms with Crippen LogP contribution in [0.3, 0.4) is 0 Å². The maximum absolute atomic E-state index is 12.1. The van der Waals surface area contributed by atoms with Gasteiger partial charge in [-0.3, -0.25) is 4.79 Å². The molecule has 0 atom stereocenters. The molecule has 3 nitrogen and oxygen atoms in total. The average Bonchev–Trinajstić information content (AvgIpc) is 2.78. The van der Waals surface area contributed by atoms with Crippen molar-refractivity contribution in [3.63, 3.8) is 0 Å². The molecule has 1 fully saturated rings. The Labute approximate surface area is 102 Å². The number of esters is 1. The summed E-state index contributed by atoms with van der Waals surface area (Å²) in [6, 6.07) is 7.15. The largest absolute Gasteiger partial charge is 0.497 e. The maximum Gasteiger partial charge on any atom is 0.317 e. The van der Waals surface area contributed by atoms with Gasteiger partial charge in [-0.2, -0.15) is 0 Å². The predicted molar refractivity (Wildman–Crippen MR) is 65.2 cm³/mol. The minimum atomic E-state index is -0.303. The Bertz CT molecular complexity index is 406. The fraction of sp³-hybridized carbons (Fsp3) is 0.500. The number of benzene rings is 1. The van der Waals surface area contributed by atoms with E-state index in [1.54, 1.807) is 19.2 Å². The van der Waals surface area contributed by atoms with Gasteiger partial charge in [0.25, 0.3) is 0 Å². The molecule has 0 N–H and O–H groups in total. The lowest BCUT2D eigenvalue weighted by Gasteiger charge is -2.20. The Hall–Kier alpha value is -1.51. The van der Waals surface area contributed by atoms with Gasteiger partial charge in [-0.05, 0) is 31.9 Å². The molecule has 0 bridgehead atoms. The third-order valence-electron chi connectivity index (χ3n) is 3.45. The highest BCUT2D eigenvalue weighted by atomic mass is 16.5. The number of carbonyl (C=O) groups is 1. The molecule has 0 aromatic heterocycles. The Balaban J connectivity index is 2.07. The van der Waals surface area contributed by atoms with E-state index in [0.717, 1.165) is 25.7 Å². The van der Waals surface area contributed by atoms with Crippen LogP contribution in [0.2, 0.25) is 0 Å². The van der Waals surface area contributed by atoms with Crippen molar-refractivity contribution < 1.29 is 14.3 Å². The van der Waals surface area contributed by atoms with Crippen molar-refractivity contribution in [2.75, 3.05) is 7.11 Å². The van der Waals surface area contributed by atoms with E-state index >= 15 is 0 Å². The van der Waals surface area contributed by atoms with Crippen LogP contribution in [0.5, 0.6) is 11.5 Å². The molecule has 3 heteroatoms. The van der Waals surface area contributed by atoms with Gasteiger partial charge >= 0.3 is 5.97 Å². The van der Waals surface area contributed by atoms with Gasteiger partial charge in [0.05, 0.1) is 12.5 Å². The van der Waals surface area contributed by atoms with Crippen LogP contribution < -0.4 is 9.47 Å². The van der Waals surface area contributed by atoms with Crippen LogP contribution in [0.1, 0.15) is 32.6 Å². The second-order valence-corrected chi connectivity index (χ2v) is 4.84. The first-order valence-corrected chi connectivity index (χ1v) is 6.00. The van der Waals surface area contributed by atoms with Gasteiger partial charge < -0.3 is 9.47 Å². The van der Waals surface area contributed by atoms with Gasteiger partial charge in [0.1, 0.15) is 11.5 Å². The van der Waals surface area contributed by atoms with Gasteiger partial charge in [-0.1, -0.05) is 18.9 Å². The minimum absolute atomic E-state index is 0.122. The summed E-state index contributed by atoms with van der Waals surface area (Å²) < 4.78 is 10.5. The SMILES string of the molecule is COc1cccc(OC(=O)C2(C)CCCC2)c1. The summed E-state index contributed by atoms with van der Waals surface area (Å²) in [6.07, 6.45) is 4.08. The maximum atomic E-state index is 12.1. The van der Waals surface area contributed by atoms with Crippen LogP contribution in [0.15, 0.2) is 24.3 Å². The number of hydrogen-bond acceptors (Lipinski definition) is 3. The molecular formula is C14H18O3. The molecule has 0 unspecified atom stereocenters. The van der Waals surface area contributed by atoms with Crippen LogP contribution in [-0.2, 0) is 4.79 Å². The monoisotopic (exact) mass is 234 g/mol. The van der Waals surface area contributed by atoms with Gasteiger partial charge in [0.15, 0.2) is 0 Å². The number of carbonyl (C=O) groups excluding carboxylic acids is 1. The summed E-state index contributed by atoms with van der Waals surface area (Å²) >= 11 is 0. The third kappa shape index (κ3) is 2.60. The molecule has 1 saturated carbocycles. The average molecular weight is 234 g/mol. The highest BCUT2D eigenvalue weighted by Gasteiger charge is 2.38. The molecule has 1 aromatic carbocycles. The van der Waals surface area contributed by atoms with Crippen molar-refractivity contribution in [3.05, 3.63) is 24.3 Å². The van der Waals surface area contributed by atoms with E-state index in [0.29, 0.717) is 11.5 Å². The summed E-state index contributed by atoms with van der Waals surface area (Å²) in [5.41, 5.74) is -0.303. The molecular weight excluding hydrogens is 216 g/mol. The minimum Gasteiger partial charge on any atom is -0.497 e. The van der Waals surface area contributed by atoms with Crippen molar-refractivity contribution in [1.82, 2.24) is 0 Å². The zero-order valence-corrected chi connectivity index (χ0v) is 10.4. The second-order valence-electron chi connectivity index (χ2n) is 4.84. The zero-order valence-electron chi connectivity index (χ0n) is 10.4. The lowest BCUT2D eigenvalue weighted by atomic mass is 9.89. The first-order valence-electron chi connectivity index (χ1n) is 6.00. The molecule has 0 aliphatic heterocycles. The van der Waals surface area contributed by atoms with Crippen LogP contribution in [-0.4, -0.2) is 13.1 Å². The lowest BCUT2D eigenvalue weighted by molar-refractivity contribution is -0.144. The van der Waals surface area contributed by atoms with Crippen LogP contribution >= 0.6 is 0 Å². The number of hydrogen-bond donors (Lipinski definition) is 0. The van der Waals surface area contributed by atoms with E-state index in [1.165, 1.54) is 0 Å². The molecule has 0 saturated heterocycles. The Morgan fingerprint density at radius 2 is 1.88 bits per heavy atom.